The molecule has 36 heavy (non-hydrogen) atoms. The van der Waals surface area contributed by atoms with E-state index in [1.807, 2.05) is 58.3 Å². The third-order valence-corrected chi connectivity index (χ3v) is 7.58. The monoisotopic (exact) mass is 511 g/mol. The van der Waals surface area contributed by atoms with Crippen molar-refractivity contribution in [2.45, 2.75) is 58.0 Å². The zero-order valence-corrected chi connectivity index (χ0v) is 22.1. The van der Waals surface area contributed by atoms with E-state index in [4.69, 9.17) is 16.3 Å². The predicted molar refractivity (Wildman–Crippen MR) is 144 cm³/mol. The molecule has 0 radical (unpaired) electrons. The van der Waals surface area contributed by atoms with Crippen LogP contribution >= 0.6 is 11.6 Å². The fourth-order valence-electron chi connectivity index (χ4n) is 5.34. The first kappa shape index (κ1) is 26.6. The van der Waals surface area contributed by atoms with Crippen LogP contribution in [-0.4, -0.2) is 67.0 Å². The number of anilines is 1. The first-order chi connectivity index (χ1) is 17.5. The molecule has 0 saturated carbocycles. The fourth-order valence-corrected chi connectivity index (χ4v) is 5.46. The van der Waals surface area contributed by atoms with E-state index < -0.39 is 0 Å². The molecule has 1 saturated heterocycles. The van der Waals surface area contributed by atoms with Gasteiger partial charge >= 0.3 is 0 Å². The second-order valence-corrected chi connectivity index (χ2v) is 10.3. The van der Waals surface area contributed by atoms with Crippen molar-refractivity contribution in [2.24, 2.45) is 0 Å². The molecule has 4 rings (SSSR count). The molecule has 7 heteroatoms. The molecule has 2 aromatic carbocycles. The van der Waals surface area contributed by atoms with Crippen molar-refractivity contribution >= 4 is 29.1 Å². The number of ether oxygens (including phenoxy) is 1. The normalized spacial score (nSPS) is 18.7. The summed E-state index contributed by atoms with van der Waals surface area (Å²) < 4.78 is 5.59. The Morgan fingerprint density at radius 2 is 1.64 bits per heavy atom. The minimum Gasteiger partial charge on any atom is -0.381 e. The lowest BCUT2D eigenvalue weighted by atomic mass is 10.1. The van der Waals surface area contributed by atoms with Crippen LogP contribution in [0.5, 0.6) is 0 Å². The van der Waals surface area contributed by atoms with E-state index in [0.29, 0.717) is 43.5 Å². The van der Waals surface area contributed by atoms with Gasteiger partial charge in [0, 0.05) is 76.0 Å². The Morgan fingerprint density at radius 1 is 0.944 bits per heavy atom. The maximum atomic E-state index is 13.5. The Hall–Kier alpha value is -2.41. The molecule has 0 aromatic heterocycles. The van der Waals surface area contributed by atoms with Gasteiger partial charge in [-0.3, -0.25) is 9.59 Å². The lowest BCUT2D eigenvalue weighted by Gasteiger charge is -2.36. The van der Waals surface area contributed by atoms with Crippen LogP contribution in [0.2, 0.25) is 5.02 Å². The van der Waals surface area contributed by atoms with Crippen LogP contribution < -0.4 is 4.90 Å². The van der Waals surface area contributed by atoms with E-state index in [1.165, 1.54) is 0 Å². The molecule has 2 aliphatic rings. The van der Waals surface area contributed by atoms with Gasteiger partial charge < -0.3 is 19.4 Å². The van der Waals surface area contributed by atoms with Crippen molar-refractivity contribution < 1.29 is 14.3 Å². The van der Waals surface area contributed by atoms with Crippen LogP contribution in [0.15, 0.2) is 48.5 Å². The van der Waals surface area contributed by atoms with Crippen molar-refractivity contribution in [3.05, 3.63) is 64.7 Å². The lowest BCUT2D eigenvalue weighted by molar-refractivity contribution is -0.132. The average Bonchev–Trinajstić information content (AvgIpc) is 2.89. The van der Waals surface area contributed by atoms with Crippen LogP contribution in [0.1, 0.15) is 50.2 Å². The number of rotatable bonds is 4. The van der Waals surface area contributed by atoms with Crippen LogP contribution in [0, 0.1) is 0 Å². The number of benzene rings is 2. The molecule has 0 unspecified atom stereocenters. The van der Waals surface area contributed by atoms with Gasteiger partial charge in [-0.25, -0.2) is 0 Å². The minimum absolute atomic E-state index is 0.0396. The number of para-hydroxylation sites is 1. The molecular weight excluding hydrogens is 474 g/mol. The van der Waals surface area contributed by atoms with E-state index in [1.54, 1.807) is 6.92 Å². The first-order valence-corrected chi connectivity index (χ1v) is 13.6. The number of hydrogen-bond donors (Lipinski definition) is 0. The van der Waals surface area contributed by atoms with Crippen molar-refractivity contribution in [3.8, 4) is 0 Å². The van der Waals surface area contributed by atoms with Crippen LogP contribution in [0.4, 0.5) is 5.69 Å². The Bertz CT molecular complexity index is 1010. The van der Waals surface area contributed by atoms with E-state index in [-0.39, 0.29) is 11.8 Å². The maximum absolute atomic E-state index is 13.5. The summed E-state index contributed by atoms with van der Waals surface area (Å²) in [7, 11) is 0. The summed E-state index contributed by atoms with van der Waals surface area (Å²) >= 11 is 6.02. The molecule has 2 aliphatic heterocycles. The fraction of sp³-hybridized carbons (Fsp3) is 0.517. The molecular formula is C29H38ClN3O3. The average molecular weight is 512 g/mol. The number of nitrogens with zero attached hydrogens (tertiary/aromatic N) is 3. The zero-order valence-electron chi connectivity index (χ0n) is 21.3. The van der Waals surface area contributed by atoms with Crippen molar-refractivity contribution in [1.82, 2.24) is 9.80 Å². The second kappa shape index (κ2) is 13.2. The highest BCUT2D eigenvalue weighted by atomic mass is 35.5. The van der Waals surface area contributed by atoms with Gasteiger partial charge in [-0.05, 0) is 61.4 Å². The number of carbonyl (C=O) groups excluding carboxylic acids is 2. The van der Waals surface area contributed by atoms with Gasteiger partial charge in [0.1, 0.15) is 0 Å². The van der Waals surface area contributed by atoms with E-state index in [9.17, 15) is 9.59 Å². The topological polar surface area (TPSA) is 53.1 Å². The highest BCUT2D eigenvalue weighted by Crippen LogP contribution is 2.25. The highest BCUT2D eigenvalue weighted by Gasteiger charge is 2.25. The summed E-state index contributed by atoms with van der Waals surface area (Å²) in [5, 5.41) is 0.703. The molecule has 2 amide bonds. The Balaban J connectivity index is 1.54. The number of carbonyl (C=O) groups is 2. The summed E-state index contributed by atoms with van der Waals surface area (Å²) in [6, 6.07) is 16.2. The van der Waals surface area contributed by atoms with Gasteiger partial charge in [0.15, 0.2) is 0 Å². The summed E-state index contributed by atoms with van der Waals surface area (Å²) in [5.74, 6) is 0.182. The molecule has 2 heterocycles. The lowest BCUT2D eigenvalue weighted by Crippen LogP contribution is -2.43. The molecule has 6 nitrogen and oxygen atoms in total. The van der Waals surface area contributed by atoms with Gasteiger partial charge in [0.25, 0.3) is 0 Å². The minimum atomic E-state index is 0.0396. The maximum Gasteiger partial charge on any atom is 0.223 e. The standard InChI is InChI=1S/C29H38ClN3O3/c1-23(34)33-19-5-17-31(27-14-20-36-21-15-27)16-4-18-32(22-25-6-2-3-7-28(25)33)29(35)13-10-24-8-11-26(30)12-9-24/h2-3,6-9,11-12,27H,4-5,10,13-22H2,1H3. The predicted octanol–water partition coefficient (Wildman–Crippen LogP) is 4.93. The van der Waals surface area contributed by atoms with E-state index in [0.717, 1.165) is 68.8 Å². The largest absolute Gasteiger partial charge is 0.381 e. The molecule has 0 aliphatic carbocycles. The summed E-state index contributed by atoms with van der Waals surface area (Å²) in [6.07, 6.45) is 5.08. The SMILES string of the molecule is CC(=O)N1CCCN(C2CCOCC2)CCCN(C(=O)CCc2ccc(Cl)cc2)Cc2ccccc21. The number of hydrogen-bond acceptors (Lipinski definition) is 4. The molecule has 0 bridgehead atoms. The quantitative estimate of drug-likeness (QED) is 0.584. The van der Waals surface area contributed by atoms with Crippen LogP contribution in [0.25, 0.3) is 0 Å². The van der Waals surface area contributed by atoms with E-state index in [2.05, 4.69) is 4.90 Å². The van der Waals surface area contributed by atoms with Gasteiger partial charge in [-0.15, -0.1) is 0 Å². The molecule has 1 fully saturated rings. The zero-order chi connectivity index (χ0) is 25.3. The summed E-state index contributed by atoms with van der Waals surface area (Å²) in [6.45, 7) is 7.04. The van der Waals surface area contributed by atoms with Crippen LogP contribution in [-0.2, 0) is 27.3 Å². The van der Waals surface area contributed by atoms with Gasteiger partial charge in [-0.1, -0.05) is 41.9 Å². The first-order valence-electron chi connectivity index (χ1n) is 13.2. The van der Waals surface area contributed by atoms with Crippen LogP contribution in [0.3, 0.4) is 0 Å². The summed E-state index contributed by atoms with van der Waals surface area (Å²) in [5.41, 5.74) is 3.05. The Morgan fingerprint density at radius 3 is 2.36 bits per heavy atom. The van der Waals surface area contributed by atoms with Crippen molar-refractivity contribution in [2.75, 3.05) is 44.3 Å². The Labute approximate surface area is 220 Å². The third-order valence-electron chi connectivity index (χ3n) is 7.32. The third kappa shape index (κ3) is 7.31. The number of aryl methyl sites for hydroxylation is 1. The summed E-state index contributed by atoms with van der Waals surface area (Å²) in [4.78, 5) is 32.5. The van der Waals surface area contributed by atoms with Gasteiger partial charge in [0.05, 0.1) is 0 Å². The molecule has 0 N–H and O–H groups in total. The van der Waals surface area contributed by atoms with Gasteiger partial charge in [-0.2, -0.15) is 0 Å². The van der Waals surface area contributed by atoms with E-state index >= 15 is 0 Å². The molecule has 2 aromatic rings. The molecule has 0 spiro atoms. The Kier molecular flexibility index (Phi) is 9.79. The molecule has 0 atom stereocenters. The number of amides is 2. The number of halogens is 1. The smallest absolute Gasteiger partial charge is 0.223 e. The number of fused-ring (bicyclic) bond motifs is 1. The van der Waals surface area contributed by atoms with Gasteiger partial charge in [0.2, 0.25) is 11.8 Å². The highest BCUT2D eigenvalue weighted by molar-refractivity contribution is 6.30. The molecule has 194 valence electrons. The van der Waals surface area contributed by atoms with Crippen molar-refractivity contribution in [1.29, 1.82) is 0 Å². The second-order valence-electron chi connectivity index (χ2n) is 9.83. The van der Waals surface area contributed by atoms with Crippen molar-refractivity contribution in [3.63, 3.8) is 0 Å².